The molecule has 0 fully saturated rings. The van der Waals surface area contributed by atoms with Crippen LogP contribution in [0.5, 0.6) is 0 Å². The maximum absolute atomic E-state index is 5.27. The predicted molar refractivity (Wildman–Crippen MR) is 61.7 cm³/mol. The van der Waals surface area contributed by atoms with E-state index in [-0.39, 0.29) is 0 Å². The molecule has 1 atom stereocenters. The van der Waals surface area contributed by atoms with Gasteiger partial charge in [-0.15, -0.1) is 0 Å². The summed E-state index contributed by atoms with van der Waals surface area (Å²) in [5.74, 6) is 0. The van der Waals surface area contributed by atoms with Crippen LogP contribution in [0.15, 0.2) is 0 Å². The summed E-state index contributed by atoms with van der Waals surface area (Å²) in [4.78, 5) is 2.43. The second kappa shape index (κ2) is 9.44. The lowest BCUT2D eigenvalue weighted by Crippen LogP contribution is -2.40. The Morgan fingerprint density at radius 3 is 2.36 bits per heavy atom. The van der Waals surface area contributed by atoms with E-state index < -0.39 is 0 Å². The molecule has 3 heteroatoms. The van der Waals surface area contributed by atoms with Gasteiger partial charge in [-0.25, -0.2) is 0 Å². The van der Waals surface area contributed by atoms with Crippen LogP contribution in [0, 0.1) is 0 Å². The van der Waals surface area contributed by atoms with Gasteiger partial charge in [-0.2, -0.15) is 0 Å². The molecule has 0 saturated carbocycles. The average Bonchev–Trinajstić information content (AvgIpc) is 2.21. The summed E-state index contributed by atoms with van der Waals surface area (Å²) in [7, 11) is 0. The molecule has 0 saturated heterocycles. The molecule has 0 amide bonds. The summed E-state index contributed by atoms with van der Waals surface area (Å²) in [6, 6.07) is 0.551. The highest BCUT2D eigenvalue weighted by molar-refractivity contribution is 4.65. The van der Waals surface area contributed by atoms with Gasteiger partial charge < -0.3 is 15.0 Å². The van der Waals surface area contributed by atoms with Gasteiger partial charge in [-0.3, -0.25) is 0 Å². The molecule has 1 unspecified atom stereocenters. The van der Waals surface area contributed by atoms with E-state index in [1.54, 1.807) is 0 Å². The third kappa shape index (κ3) is 7.30. The fourth-order valence-corrected chi connectivity index (χ4v) is 1.46. The summed E-state index contributed by atoms with van der Waals surface area (Å²) in [5.41, 5.74) is 0. The van der Waals surface area contributed by atoms with Gasteiger partial charge in [0.15, 0.2) is 0 Å². The third-order valence-electron chi connectivity index (χ3n) is 2.37. The van der Waals surface area contributed by atoms with Crippen molar-refractivity contribution >= 4 is 0 Å². The van der Waals surface area contributed by atoms with Crippen LogP contribution in [0.2, 0.25) is 0 Å². The Hall–Kier alpha value is -0.120. The zero-order chi connectivity index (χ0) is 10.8. The number of hydrogen-bond acceptors (Lipinski definition) is 3. The van der Waals surface area contributed by atoms with Gasteiger partial charge in [0.1, 0.15) is 0 Å². The van der Waals surface area contributed by atoms with Crippen LogP contribution in [0.4, 0.5) is 0 Å². The zero-order valence-electron chi connectivity index (χ0n) is 10.2. The van der Waals surface area contributed by atoms with Crippen LogP contribution < -0.4 is 5.32 Å². The van der Waals surface area contributed by atoms with Crippen molar-refractivity contribution in [3.63, 3.8) is 0 Å². The number of ether oxygens (including phenoxy) is 1. The summed E-state index contributed by atoms with van der Waals surface area (Å²) >= 11 is 0. The maximum atomic E-state index is 5.27. The van der Waals surface area contributed by atoms with E-state index in [0.717, 1.165) is 39.4 Å². The van der Waals surface area contributed by atoms with Gasteiger partial charge in [-0.1, -0.05) is 13.8 Å². The highest BCUT2D eigenvalue weighted by atomic mass is 16.5. The quantitative estimate of drug-likeness (QED) is 0.571. The van der Waals surface area contributed by atoms with Crippen LogP contribution >= 0.6 is 0 Å². The Labute approximate surface area is 88.8 Å². The second-order valence-electron chi connectivity index (χ2n) is 3.54. The van der Waals surface area contributed by atoms with Gasteiger partial charge in [0.25, 0.3) is 0 Å². The minimum absolute atomic E-state index is 0.551. The SMILES string of the molecule is CCOCCNC(C)CN(CC)CC. The molecule has 0 aliphatic carbocycles. The molecule has 0 rings (SSSR count). The van der Waals surface area contributed by atoms with Crippen LogP contribution in [0.25, 0.3) is 0 Å². The van der Waals surface area contributed by atoms with Crippen molar-refractivity contribution in [1.29, 1.82) is 0 Å². The smallest absolute Gasteiger partial charge is 0.0590 e. The fraction of sp³-hybridized carbons (Fsp3) is 1.00. The molecular weight excluding hydrogens is 176 g/mol. The largest absolute Gasteiger partial charge is 0.380 e. The van der Waals surface area contributed by atoms with Crippen molar-refractivity contribution in [3.05, 3.63) is 0 Å². The summed E-state index contributed by atoms with van der Waals surface area (Å²) in [6.45, 7) is 14.6. The zero-order valence-corrected chi connectivity index (χ0v) is 10.2. The first-order valence-corrected chi connectivity index (χ1v) is 5.78. The monoisotopic (exact) mass is 202 g/mol. The standard InChI is InChI=1S/C11H26N2O/c1-5-13(6-2)10-11(4)12-8-9-14-7-3/h11-12H,5-10H2,1-4H3. The van der Waals surface area contributed by atoms with Crippen LogP contribution in [0.3, 0.4) is 0 Å². The molecule has 0 aliphatic heterocycles. The molecule has 0 aromatic rings. The number of likely N-dealkylation sites (N-methyl/N-ethyl adjacent to an activating group) is 1. The Morgan fingerprint density at radius 1 is 1.21 bits per heavy atom. The lowest BCUT2D eigenvalue weighted by molar-refractivity contribution is 0.145. The van der Waals surface area contributed by atoms with Crippen molar-refractivity contribution in [2.45, 2.75) is 33.7 Å². The van der Waals surface area contributed by atoms with E-state index in [9.17, 15) is 0 Å². The molecule has 0 spiro atoms. The molecule has 0 aliphatic rings. The van der Waals surface area contributed by atoms with Crippen LogP contribution in [-0.2, 0) is 4.74 Å². The lowest BCUT2D eigenvalue weighted by Gasteiger charge is -2.23. The number of rotatable bonds is 9. The summed E-state index contributed by atoms with van der Waals surface area (Å²) in [5, 5.41) is 3.45. The number of nitrogens with zero attached hydrogens (tertiary/aromatic N) is 1. The second-order valence-corrected chi connectivity index (χ2v) is 3.54. The molecule has 0 aromatic carbocycles. The highest BCUT2D eigenvalue weighted by Crippen LogP contribution is 1.91. The van der Waals surface area contributed by atoms with Crippen molar-refractivity contribution < 1.29 is 4.74 Å². The molecule has 14 heavy (non-hydrogen) atoms. The third-order valence-corrected chi connectivity index (χ3v) is 2.37. The number of hydrogen-bond donors (Lipinski definition) is 1. The van der Waals surface area contributed by atoms with Gasteiger partial charge in [-0.05, 0) is 26.9 Å². The maximum Gasteiger partial charge on any atom is 0.0590 e. The highest BCUT2D eigenvalue weighted by Gasteiger charge is 2.05. The van der Waals surface area contributed by atoms with E-state index in [0.29, 0.717) is 6.04 Å². The molecule has 0 aromatic heterocycles. The Kier molecular flexibility index (Phi) is 9.35. The van der Waals surface area contributed by atoms with Crippen LogP contribution in [-0.4, -0.2) is 50.3 Å². The Morgan fingerprint density at radius 2 is 1.86 bits per heavy atom. The predicted octanol–water partition coefficient (Wildman–Crippen LogP) is 1.34. The van der Waals surface area contributed by atoms with E-state index in [1.807, 2.05) is 6.92 Å². The lowest BCUT2D eigenvalue weighted by atomic mass is 10.3. The van der Waals surface area contributed by atoms with Crippen LogP contribution in [0.1, 0.15) is 27.7 Å². The van der Waals surface area contributed by atoms with Crippen molar-refractivity contribution in [3.8, 4) is 0 Å². The molecule has 86 valence electrons. The topological polar surface area (TPSA) is 24.5 Å². The fourth-order valence-electron chi connectivity index (χ4n) is 1.46. The van der Waals surface area contributed by atoms with Crippen molar-refractivity contribution in [2.75, 3.05) is 39.4 Å². The number of nitrogens with one attached hydrogen (secondary N) is 1. The molecule has 1 N–H and O–H groups in total. The van der Waals surface area contributed by atoms with E-state index in [2.05, 4.69) is 31.0 Å². The minimum Gasteiger partial charge on any atom is -0.380 e. The molecular formula is C11H26N2O. The molecule has 0 radical (unpaired) electrons. The van der Waals surface area contributed by atoms with Gasteiger partial charge in [0, 0.05) is 25.7 Å². The molecule has 0 heterocycles. The summed E-state index contributed by atoms with van der Waals surface area (Å²) < 4.78 is 5.27. The average molecular weight is 202 g/mol. The van der Waals surface area contributed by atoms with E-state index in [1.165, 1.54) is 0 Å². The summed E-state index contributed by atoms with van der Waals surface area (Å²) in [6.07, 6.45) is 0. The first kappa shape index (κ1) is 13.9. The Balaban J connectivity index is 3.38. The minimum atomic E-state index is 0.551. The van der Waals surface area contributed by atoms with E-state index in [4.69, 9.17) is 4.74 Å². The van der Waals surface area contributed by atoms with Crippen molar-refractivity contribution in [2.24, 2.45) is 0 Å². The molecule has 0 bridgehead atoms. The van der Waals surface area contributed by atoms with Gasteiger partial charge >= 0.3 is 0 Å². The van der Waals surface area contributed by atoms with Crippen molar-refractivity contribution in [1.82, 2.24) is 10.2 Å². The van der Waals surface area contributed by atoms with E-state index >= 15 is 0 Å². The van der Waals surface area contributed by atoms with Gasteiger partial charge in [0.05, 0.1) is 6.61 Å². The first-order valence-electron chi connectivity index (χ1n) is 5.78. The van der Waals surface area contributed by atoms with Gasteiger partial charge in [0.2, 0.25) is 0 Å². The Bertz CT molecular complexity index is 116. The molecule has 3 nitrogen and oxygen atoms in total. The normalized spacial score (nSPS) is 13.5. The first-order chi connectivity index (χ1) is 6.74.